The van der Waals surface area contributed by atoms with Crippen molar-refractivity contribution < 1.29 is 0 Å². The van der Waals surface area contributed by atoms with Crippen LogP contribution in [0.1, 0.15) is 36.1 Å². The van der Waals surface area contributed by atoms with Crippen molar-refractivity contribution in [2.45, 2.75) is 29.1 Å². The Hall–Kier alpha value is -6.42. The van der Waals surface area contributed by atoms with Crippen molar-refractivity contribution in [3.8, 4) is 50.2 Å². The van der Waals surface area contributed by atoms with Crippen LogP contribution in [0.5, 0.6) is 0 Å². The van der Waals surface area contributed by atoms with Gasteiger partial charge in [-0.3, -0.25) is 4.57 Å². The fraction of sp³-hybridized carbons (Fsp3) is 0.0577. The van der Waals surface area contributed by atoms with E-state index in [4.69, 9.17) is 4.98 Å². The minimum atomic E-state index is -0.104. The summed E-state index contributed by atoms with van der Waals surface area (Å²) in [6.45, 7) is 4.75. The number of hydrogen-bond donors (Lipinski definition) is 0. The summed E-state index contributed by atoms with van der Waals surface area (Å²) in [5.74, 6) is 0. The number of rotatable bonds is 2. The van der Waals surface area contributed by atoms with E-state index in [-0.39, 0.29) is 5.41 Å². The van der Waals surface area contributed by atoms with Crippen LogP contribution < -0.4 is 0 Å². The number of fused-ring (bicyclic) bond motifs is 12. The number of hydrogen-bond acceptors (Lipinski definition) is 2. The fourth-order valence-electron chi connectivity index (χ4n) is 8.97. The van der Waals surface area contributed by atoms with Gasteiger partial charge in [0.1, 0.15) is 5.65 Å². The molecule has 0 N–H and O–H groups in total. The molecule has 0 spiro atoms. The molecule has 1 aliphatic carbocycles. The van der Waals surface area contributed by atoms with Gasteiger partial charge in [0.05, 0.1) is 5.52 Å². The molecule has 7 aromatic carbocycles. The molecule has 3 heteroatoms. The Morgan fingerprint density at radius 2 is 1.18 bits per heavy atom. The van der Waals surface area contributed by atoms with Gasteiger partial charge in [0.25, 0.3) is 0 Å². The first-order valence-corrected chi connectivity index (χ1v) is 19.8. The van der Waals surface area contributed by atoms with Gasteiger partial charge in [-0.05, 0) is 127 Å². The molecule has 0 bridgehead atoms. The van der Waals surface area contributed by atoms with E-state index in [1.165, 1.54) is 81.9 Å². The second-order valence-electron chi connectivity index (χ2n) is 15.2. The van der Waals surface area contributed by atoms with E-state index in [1.807, 2.05) is 24.0 Å². The molecule has 0 saturated carbocycles. The van der Waals surface area contributed by atoms with Crippen LogP contribution in [-0.4, -0.2) is 9.55 Å². The van der Waals surface area contributed by atoms with Crippen molar-refractivity contribution in [1.82, 2.24) is 9.55 Å². The molecule has 2 aromatic heterocycles. The number of benzene rings is 7. The second-order valence-corrected chi connectivity index (χ2v) is 16.2. The molecule has 1 aliphatic heterocycles. The first-order valence-electron chi connectivity index (χ1n) is 19.0. The first-order chi connectivity index (χ1) is 27.0. The lowest BCUT2D eigenvalue weighted by Crippen LogP contribution is -2.15. The highest BCUT2D eigenvalue weighted by Gasteiger charge is 2.36. The van der Waals surface area contributed by atoms with E-state index in [0.29, 0.717) is 0 Å². The van der Waals surface area contributed by atoms with Gasteiger partial charge < -0.3 is 0 Å². The first kappa shape index (κ1) is 32.0. The summed E-state index contributed by atoms with van der Waals surface area (Å²) in [5, 5.41) is 2.35. The normalized spacial score (nSPS) is 14.2. The Bertz CT molecular complexity index is 3040. The summed E-state index contributed by atoms with van der Waals surface area (Å²) in [5.41, 5.74) is 18.3. The molecule has 3 heterocycles. The van der Waals surface area contributed by atoms with Crippen LogP contribution in [0.3, 0.4) is 0 Å². The monoisotopic (exact) mass is 720 g/mol. The molecule has 2 nitrogen and oxygen atoms in total. The van der Waals surface area contributed by atoms with Gasteiger partial charge >= 0.3 is 0 Å². The molecule has 260 valence electrons. The quantitative estimate of drug-likeness (QED) is 0.177. The Kier molecular flexibility index (Phi) is 7.17. The Morgan fingerprint density at radius 3 is 2.05 bits per heavy atom. The molecule has 2 aliphatic rings. The fourth-order valence-corrected chi connectivity index (χ4v) is 10.1. The van der Waals surface area contributed by atoms with Gasteiger partial charge in [-0.25, -0.2) is 4.98 Å². The third kappa shape index (κ3) is 5.00. The minimum Gasteiger partial charge on any atom is -0.294 e. The molecule has 0 atom stereocenters. The maximum Gasteiger partial charge on any atom is 0.145 e. The third-order valence-corrected chi connectivity index (χ3v) is 12.8. The average molecular weight is 721 g/mol. The highest BCUT2D eigenvalue weighted by molar-refractivity contribution is 7.99. The van der Waals surface area contributed by atoms with Crippen molar-refractivity contribution in [2.24, 2.45) is 0 Å². The Balaban J connectivity index is 1.17. The zero-order valence-corrected chi connectivity index (χ0v) is 31.4. The Labute approximate surface area is 325 Å². The van der Waals surface area contributed by atoms with Gasteiger partial charge in [-0.1, -0.05) is 141 Å². The number of aromatic nitrogens is 2. The van der Waals surface area contributed by atoms with Crippen molar-refractivity contribution in [1.29, 1.82) is 0 Å². The zero-order valence-electron chi connectivity index (χ0n) is 30.6. The van der Waals surface area contributed by atoms with Crippen LogP contribution in [-0.2, 0) is 5.41 Å². The van der Waals surface area contributed by atoms with Crippen LogP contribution >= 0.6 is 11.8 Å². The number of pyridine rings is 1. The molecule has 11 rings (SSSR count). The van der Waals surface area contributed by atoms with Gasteiger partial charge in [0, 0.05) is 37.9 Å². The molecule has 9 aromatic rings. The zero-order chi connectivity index (χ0) is 36.7. The van der Waals surface area contributed by atoms with Gasteiger partial charge in [-0.2, -0.15) is 0 Å². The minimum absolute atomic E-state index is 0.104. The topological polar surface area (TPSA) is 17.8 Å². The second kappa shape index (κ2) is 12.3. The standard InChI is InChI=1S/C52H36N2S/c1-52(2)46-20-10-8-17-39(46)43-31-45-42-29-35(36-26-27-48-44(30-36)41-19-12-28-53-51(41)54(48)37-14-4-3-5-15-37)25-24-34(42)23-22-33-13-6-7-16-38(33)40-18-9-11-21-49(40)55-50(45)32-47(43)52/h3-32H,1-2H3/b23-22-. The SMILES string of the molecule is CC1(C)c2ccccc2-c2cc3c(cc21)Sc1ccccc1-c1ccccc1/C=C\c1ccc(-c2ccc4c(c2)c2cccnc2n4-c2ccccc2)cc1-3. The van der Waals surface area contributed by atoms with Gasteiger partial charge in [0.2, 0.25) is 0 Å². The predicted molar refractivity (Wildman–Crippen MR) is 232 cm³/mol. The summed E-state index contributed by atoms with van der Waals surface area (Å²) in [6, 6.07) is 60.3. The summed E-state index contributed by atoms with van der Waals surface area (Å²) in [4.78, 5) is 7.39. The lowest BCUT2D eigenvalue weighted by molar-refractivity contribution is 0.659. The van der Waals surface area contributed by atoms with E-state index in [0.717, 1.165) is 22.2 Å². The van der Waals surface area contributed by atoms with Crippen LogP contribution in [0.4, 0.5) is 0 Å². The maximum atomic E-state index is 4.86. The summed E-state index contributed by atoms with van der Waals surface area (Å²) < 4.78 is 2.28. The van der Waals surface area contributed by atoms with Crippen LogP contribution in [0.15, 0.2) is 180 Å². The molecule has 0 fully saturated rings. The molecule has 55 heavy (non-hydrogen) atoms. The molecular formula is C52H36N2S. The Morgan fingerprint density at radius 1 is 0.473 bits per heavy atom. The van der Waals surface area contributed by atoms with Crippen molar-refractivity contribution in [3.63, 3.8) is 0 Å². The van der Waals surface area contributed by atoms with Crippen LogP contribution in [0.25, 0.3) is 84.3 Å². The highest BCUT2D eigenvalue weighted by atomic mass is 32.2. The average Bonchev–Trinajstić information content (AvgIpc) is 3.67. The van der Waals surface area contributed by atoms with Crippen LogP contribution in [0.2, 0.25) is 0 Å². The maximum absolute atomic E-state index is 4.86. The van der Waals surface area contributed by atoms with E-state index in [2.05, 4.69) is 188 Å². The summed E-state index contributed by atoms with van der Waals surface area (Å²) >= 11 is 1.89. The largest absolute Gasteiger partial charge is 0.294 e. The lowest BCUT2D eigenvalue weighted by atomic mass is 9.82. The van der Waals surface area contributed by atoms with E-state index >= 15 is 0 Å². The summed E-state index contributed by atoms with van der Waals surface area (Å²) in [7, 11) is 0. The highest BCUT2D eigenvalue weighted by Crippen LogP contribution is 2.53. The number of para-hydroxylation sites is 1. The van der Waals surface area contributed by atoms with Gasteiger partial charge in [0.15, 0.2) is 0 Å². The third-order valence-electron chi connectivity index (χ3n) is 11.7. The smallest absolute Gasteiger partial charge is 0.145 e. The molecule has 0 saturated heterocycles. The van der Waals surface area contributed by atoms with Crippen molar-refractivity contribution >= 4 is 45.9 Å². The molecule has 0 unspecified atom stereocenters. The van der Waals surface area contributed by atoms with E-state index in [1.54, 1.807) is 0 Å². The van der Waals surface area contributed by atoms with Crippen LogP contribution in [0, 0.1) is 0 Å². The van der Waals surface area contributed by atoms with E-state index in [9.17, 15) is 0 Å². The van der Waals surface area contributed by atoms with Crippen molar-refractivity contribution in [2.75, 3.05) is 0 Å². The summed E-state index contributed by atoms with van der Waals surface area (Å²) in [6.07, 6.45) is 6.50. The molecule has 0 radical (unpaired) electrons. The number of nitrogens with zero attached hydrogens (tertiary/aromatic N) is 2. The molecule has 0 amide bonds. The molecular weight excluding hydrogens is 685 g/mol. The van der Waals surface area contributed by atoms with E-state index < -0.39 is 0 Å². The predicted octanol–water partition coefficient (Wildman–Crippen LogP) is 14.1. The van der Waals surface area contributed by atoms with Crippen molar-refractivity contribution in [3.05, 3.63) is 192 Å². The van der Waals surface area contributed by atoms with Gasteiger partial charge in [-0.15, -0.1) is 0 Å². The lowest BCUT2D eigenvalue weighted by Gasteiger charge is -2.23.